The zero-order valence-electron chi connectivity index (χ0n) is 27.5. The third-order valence-electron chi connectivity index (χ3n) is 7.26. The second-order valence-corrected chi connectivity index (χ2v) is 11.2. The number of likely N-dealkylation sites (tertiary alicyclic amines) is 1. The van der Waals surface area contributed by atoms with Crippen LogP contribution in [0.15, 0.2) is 43.2 Å². The van der Waals surface area contributed by atoms with E-state index >= 15 is 0 Å². The lowest BCUT2D eigenvalue weighted by Gasteiger charge is -2.19. The molecule has 46 heavy (non-hydrogen) atoms. The Morgan fingerprint density at radius 3 is 2.35 bits per heavy atom. The molecule has 0 radical (unpaired) electrons. The second-order valence-electron chi connectivity index (χ2n) is 11.2. The van der Waals surface area contributed by atoms with E-state index in [-0.39, 0.29) is 23.3 Å². The van der Waals surface area contributed by atoms with Gasteiger partial charge in [0.2, 0.25) is 11.8 Å². The number of anilines is 3. The molecule has 3 heterocycles. The maximum Gasteiger partial charge on any atom is 0.273 e. The average Bonchev–Trinajstić information content (AvgIpc) is 3.83. The van der Waals surface area contributed by atoms with Crippen LogP contribution in [0.25, 0.3) is 11.1 Å². The highest BCUT2D eigenvalue weighted by molar-refractivity contribution is 6.00. The summed E-state index contributed by atoms with van der Waals surface area (Å²) in [5.41, 5.74) is 3.24. The molecule has 3 aromatic rings. The molecule has 3 amide bonds. The molecule has 0 bridgehead atoms. The number of ether oxygens (including phenoxy) is 1. The third kappa shape index (κ3) is 9.46. The summed E-state index contributed by atoms with van der Waals surface area (Å²) in [5.74, 6) is -0.0617. The number of nitrogens with one attached hydrogen (secondary N) is 3. The number of methoxy groups -OCH3 is 1. The molecule has 2 fully saturated rings. The number of halogens is 1. The number of carbonyl (C=O) groups excluding carboxylic acids is 3. The standard InChI is InChI=1S/C24H25FN6O3.C5H9NO.C4H9N/c1-12-5-8-17(22(34-4)20(12)15-9-16(25)13(2)27-11-15)28-18-10-19(29-23(32)14-6-7-14)30-31-21(18)24(33)26-3;1-6-4-2-3-5(6)7;1-4-5(2)3/h5,8-11,14H,6-7H2,1-4H3,(H,26,33)(H2,28,29,30,32);2-4H2,1H3;4H,1H2,2-3H3. The predicted molar refractivity (Wildman–Crippen MR) is 176 cm³/mol. The van der Waals surface area contributed by atoms with E-state index in [0.29, 0.717) is 39.9 Å². The van der Waals surface area contributed by atoms with Gasteiger partial charge >= 0.3 is 0 Å². The van der Waals surface area contributed by atoms with Gasteiger partial charge in [0.1, 0.15) is 11.6 Å². The molecule has 2 aromatic heterocycles. The summed E-state index contributed by atoms with van der Waals surface area (Å²) in [7, 11) is 8.71. The van der Waals surface area contributed by atoms with Crippen LogP contribution in [0.3, 0.4) is 0 Å². The minimum absolute atomic E-state index is 0.0138. The van der Waals surface area contributed by atoms with E-state index in [1.54, 1.807) is 36.4 Å². The van der Waals surface area contributed by atoms with Gasteiger partial charge in [0.05, 0.1) is 24.2 Å². The van der Waals surface area contributed by atoms with Gasteiger partial charge < -0.3 is 30.5 Å². The van der Waals surface area contributed by atoms with Gasteiger partial charge in [0, 0.05) is 70.5 Å². The number of pyridine rings is 1. The number of carbonyl (C=O) groups is 3. The van der Waals surface area contributed by atoms with E-state index in [9.17, 15) is 18.8 Å². The lowest BCUT2D eigenvalue weighted by Crippen LogP contribution is -2.22. The number of aromatic nitrogens is 3. The molecule has 1 aromatic carbocycles. The molecule has 0 spiro atoms. The summed E-state index contributed by atoms with van der Waals surface area (Å²) in [6.45, 7) is 7.92. The molecule has 12 nitrogen and oxygen atoms in total. The molecular weight excluding hydrogens is 591 g/mol. The molecule has 3 N–H and O–H groups in total. The van der Waals surface area contributed by atoms with E-state index in [1.165, 1.54) is 20.2 Å². The van der Waals surface area contributed by atoms with Crippen molar-refractivity contribution >= 4 is 34.9 Å². The Balaban J connectivity index is 0.000000403. The number of nitrogens with zero attached hydrogens (tertiary/aromatic N) is 5. The van der Waals surface area contributed by atoms with Crippen LogP contribution < -0.4 is 20.7 Å². The van der Waals surface area contributed by atoms with E-state index in [4.69, 9.17) is 4.74 Å². The normalized spacial score (nSPS) is 13.4. The van der Waals surface area contributed by atoms with Crippen molar-refractivity contribution in [2.24, 2.45) is 5.92 Å². The Kier molecular flexibility index (Phi) is 12.5. The number of benzene rings is 1. The Labute approximate surface area is 269 Å². The zero-order chi connectivity index (χ0) is 34.0. The zero-order valence-corrected chi connectivity index (χ0v) is 27.5. The molecular formula is C33H43FN8O4. The van der Waals surface area contributed by atoms with Crippen molar-refractivity contribution in [1.29, 1.82) is 0 Å². The summed E-state index contributed by atoms with van der Waals surface area (Å²) >= 11 is 0. The molecule has 5 rings (SSSR count). The summed E-state index contributed by atoms with van der Waals surface area (Å²) in [4.78, 5) is 42.9. The monoisotopic (exact) mass is 634 g/mol. The average molecular weight is 635 g/mol. The number of hydrogen-bond acceptors (Lipinski definition) is 9. The van der Waals surface area contributed by atoms with E-state index in [1.807, 2.05) is 39.0 Å². The number of hydrogen-bond donors (Lipinski definition) is 3. The highest BCUT2D eigenvalue weighted by Gasteiger charge is 2.30. The number of rotatable bonds is 8. The fourth-order valence-corrected chi connectivity index (χ4v) is 4.33. The first kappa shape index (κ1) is 35.4. The molecule has 0 unspecified atom stereocenters. The Morgan fingerprint density at radius 2 is 1.85 bits per heavy atom. The van der Waals surface area contributed by atoms with Crippen molar-refractivity contribution in [3.8, 4) is 16.9 Å². The fraction of sp³-hybridized carbons (Fsp3) is 0.394. The SMILES string of the molecule is C=CN(C)C.CN1CCCC1=O.CNC(=O)c1nnc(NC(=O)C2CC2)cc1Nc1ccc(C)c(-c2cnc(C)c(F)c2)c1OC. The maximum absolute atomic E-state index is 14.3. The van der Waals surface area contributed by atoms with Gasteiger partial charge in [0.15, 0.2) is 11.5 Å². The maximum atomic E-state index is 14.3. The van der Waals surface area contributed by atoms with Crippen LogP contribution in [0.1, 0.15) is 47.4 Å². The van der Waals surface area contributed by atoms with E-state index < -0.39 is 11.7 Å². The van der Waals surface area contributed by atoms with Crippen LogP contribution in [0.4, 0.5) is 21.6 Å². The van der Waals surface area contributed by atoms with Gasteiger partial charge in [-0.15, -0.1) is 10.2 Å². The van der Waals surface area contributed by atoms with Gasteiger partial charge in [-0.1, -0.05) is 12.6 Å². The second kappa shape index (κ2) is 16.3. The number of aryl methyl sites for hydroxylation is 2. The van der Waals surface area contributed by atoms with Crippen molar-refractivity contribution in [2.45, 2.75) is 39.5 Å². The third-order valence-corrected chi connectivity index (χ3v) is 7.26. The van der Waals surface area contributed by atoms with Crippen LogP contribution in [0.2, 0.25) is 0 Å². The first-order valence-corrected chi connectivity index (χ1v) is 14.9. The fourth-order valence-electron chi connectivity index (χ4n) is 4.33. The minimum atomic E-state index is -0.453. The van der Waals surface area contributed by atoms with Gasteiger partial charge in [-0.3, -0.25) is 19.4 Å². The van der Waals surface area contributed by atoms with Gasteiger partial charge in [0.25, 0.3) is 5.91 Å². The summed E-state index contributed by atoms with van der Waals surface area (Å²) in [6.07, 6.45) is 6.84. The van der Waals surface area contributed by atoms with Crippen LogP contribution in [-0.2, 0) is 9.59 Å². The topological polar surface area (TPSA) is 142 Å². The van der Waals surface area contributed by atoms with Gasteiger partial charge in [-0.25, -0.2) is 4.39 Å². The molecule has 2 aliphatic rings. The van der Waals surface area contributed by atoms with Crippen LogP contribution in [0.5, 0.6) is 5.75 Å². The molecule has 1 aliphatic heterocycles. The Bertz CT molecular complexity index is 1580. The first-order valence-electron chi connectivity index (χ1n) is 14.9. The van der Waals surface area contributed by atoms with Crippen molar-refractivity contribution in [3.63, 3.8) is 0 Å². The summed E-state index contributed by atoms with van der Waals surface area (Å²) in [5, 5.41) is 16.4. The smallest absolute Gasteiger partial charge is 0.273 e. The lowest BCUT2D eigenvalue weighted by atomic mass is 9.99. The molecule has 246 valence electrons. The highest BCUT2D eigenvalue weighted by atomic mass is 19.1. The van der Waals surface area contributed by atoms with Crippen LogP contribution in [-0.4, -0.2) is 84.5 Å². The van der Waals surface area contributed by atoms with Crippen molar-refractivity contribution in [2.75, 3.05) is 52.5 Å². The Morgan fingerprint density at radius 1 is 1.15 bits per heavy atom. The molecule has 1 aliphatic carbocycles. The Hall–Kier alpha value is -5.07. The highest BCUT2D eigenvalue weighted by Crippen LogP contribution is 2.41. The summed E-state index contributed by atoms with van der Waals surface area (Å²) < 4.78 is 20.0. The molecule has 13 heteroatoms. The quantitative estimate of drug-likeness (QED) is 0.322. The molecule has 0 atom stereocenters. The predicted octanol–water partition coefficient (Wildman–Crippen LogP) is 4.68. The van der Waals surface area contributed by atoms with Crippen molar-refractivity contribution in [3.05, 3.63) is 66.0 Å². The lowest BCUT2D eigenvalue weighted by molar-refractivity contribution is -0.126. The van der Waals surface area contributed by atoms with Crippen molar-refractivity contribution < 1.29 is 23.5 Å². The minimum Gasteiger partial charge on any atom is -0.494 e. The largest absolute Gasteiger partial charge is 0.494 e. The van der Waals surface area contributed by atoms with Gasteiger partial charge in [-0.05, 0) is 57.0 Å². The molecule has 1 saturated heterocycles. The van der Waals surface area contributed by atoms with Gasteiger partial charge in [-0.2, -0.15) is 0 Å². The number of amides is 3. The van der Waals surface area contributed by atoms with E-state index in [2.05, 4.69) is 37.7 Å². The summed E-state index contributed by atoms with van der Waals surface area (Å²) in [6, 6.07) is 6.59. The van der Waals surface area contributed by atoms with Crippen molar-refractivity contribution in [1.82, 2.24) is 30.3 Å². The van der Waals surface area contributed by atoms with Crippen LogP contribution >= 0.6 is 0 Å². The van der Waals surface area contributed by atoms with E-state index in [0.717, 1.165) is 37.8 Å². The molecule has 1 saturated carbocycles. The first-order chi connectivity index (χ1) is 21.9. The van der Waals surface area contributed by atoms with Crippen LogP contribution in [0, 0.1) is 25.6 Å².